The van der Waals surface area contributed by atoms with Gasteiger partial charge in [0.2, 0.25) is 0 Å². The molecular weight excluding hydrogens is 264 g/mol. The molecule has 0 radical (unpaired) electrons. The molecule has 104 valence electrons. The molecule has 0 saturated heterocycles. The monoisotopic (exact) mass is 278 g/mol. The Morgan fingerprint density at radius 2 is 1.90 bits per heavy atom. The fourth-order valence-electron chi connectivity index (χ4n) is 2.91. The average Bonchev–Trinajstić information content (AvgIpc) is 2.88. The van der Waals surface area contributed by atoms with Crippen LogP contribution in [0.2, 0.25) is 0 Å². The highest BCUT2D eigenvalue weighted by Gasteiger charge is 2.23. The van der Waals surface area contributed by atoms with Crippen molar-refractivity contribution in [3.63, 3.8) is 0 Å². The minimum Gasteiger partial charge on any atom is -0.490 e. The van der Waals surface area contributed by atoms with Crippen LogP contribution in [0.15, 0.2) is 57.7 Å². The molecule has 0 amide bonds. The van der Waals surface area contributed by atoms with E-state index < -0.39 is 0 Å². The molecule has 1 aliphatic rings. The van der Waals surface area contributed by atoms with Crippen molar-refractivity contribution < 1.29 is 9.15 Å². The molecule has 0 N–H and O–H groups in total. The summed E-state index contributed by atoms with van der Waals surface area (Å²) in [6.07, 6.45) is 0.862. The molecule has 3 aromatic rings. The Morgan fingerprint density at radius 1 is 1.10 bits per heavy atom. The van der Waals surface area contributed by atoms with Crippen LogP contribution < -0.4 is 10.2 Å². The summed E-state index contributed by atoms with van der Waals surface area (Å²) in [5.74, 6) is 1.40. The Labute approximate surface area is 121 Å². The van der Waals surface area contributed by atoms with E-state index in [0.717, 1.165) is 23.3 Å². The molecule has 3 nitrogen and oxygen atoms in total. The van der Waals surface area contributed by atoms with E-state index in [9.17, 15) is 4.79 Å². The summed E-state index contributed by atoms with van der Waals surface area (Å²) in [6, 6.07) is 14.9. The first kappa shape index (κ1) is 12.2. The summed E-state index contributed by atoms with van der Waals surface area (Å²) < 4.78 is 11.6. The topological polar surface area (TPSA) is 39.4 Å². The molecule has 0 aliphatic carbocycles. The van der Waals surface area contributed by atoms with Crippen LogP contribution >= 0.6 is 0 Å². The fraction of sp³-hybridized carbons (Fsp3) is 0.167. The zero-order valence-electron chi connectivity index (χ0n) is 11.6. The van der Waals surface area contributed by atoms with Crippen molar-refractivity contribution in [2.75, 3.05) is 0 Å². The number of fused-ring (bicyclic) bond motifs is 3. The molecule has 1 atom stereocenters. The van der Waals surface area contributed by atoms with E-state index in [1.807, 2.05) is 49.4 Å². The maximum atomic E-state index is 12.5. The Kier molecular flexibility index (Phi) is 2.61. The summed E-state index contributed by atoms with van der Waals surface area (Å²) in [7, 11) is 0. The van der Waals surface area contributed by atoms with Crippen LogP contribution in [0.3, 0.4) is 0 Å². The van der Waals surface area contributed by atoms with Gasteiger partial charge < -0.3 is 9.15 Å². The van der Waals surface area contributed by atoms with E-state index in [-0.39, 0.29) is 11.5 Å². The van der Waals surface area contributed by atoms with Gasteiger partial charge in [0, 0.05) is 23.6 Å². The second kappa shape index (κ2) is 4.48. The van der Waals surface area contributed by atoms with Crippen molar-refractivity contribution in [1.82, 2.24) is 0 Å². The smallest absolute Gasteiger partial charge is 0.193 e. The SMILES string of the molecule is CC1Cc2c(ccc3oc(-c4ccccc4)cc(=O)c23)O1. The third kappa shape index (κ3) is 1.93. The van der Waals surface area contributed by atoms with Crippen molar-refractivity contribution in [2.24, 2.45) is 0 Å². The molecule has 0 fully saturated rings. The summed E-state index contributed by atoms with van der Waals surface area (Å²) in [5, 5.41) is 0.650. The maximum absolute atomic E-state index is 12.5. The number of hydrogen-bond donors (Lipinski definition) is 0. The van der Waals surface area contributed by atoms with E-state index in [4.69, 9.17) is 9.15 Å². The molecule has 3 heteroatoms. The van der Waals surface area contributed by atoms with Crippen molar-refractivity contribution in [2.45, 2.75) is 19.4 Å². The molecule has 0 saturated carbocycles. The Morgan fingerprint density at radius 3 is 2.71 bits per heavy atom. The van der Waals surface area contributed by atoms with Gasteiger partial charge in [-0.15, -0.1) is 0 Å². The zero-order chi connectivity index (χ0) is 14.4. The molecular formula is C18H14O3. The van der Waals surface area contributed by atoms with Crippen LogP contribution in [0, 0.1) is 0 Å². The number of ether oxygens (including phenoxy) is 1. The molecule has 2 heterocycles. The maximum Gasteiger partial charge on any atom is 0.193 e. The lowest BCUT2D eigenvalue weighted by molar-refractivity contribution is 0.254. The van der Waals surface area contributed by atoms with E-state index in [0.29, 0.717) is 16.7 Å². The molecule has 4 rings (SSSR count). The standard InChI is InChI=1S/C18H14O3/c1-11-9-13-15(20-11)7-8-16-18(13)14(19)10-17(21-16)12-5-3-2-4-6-12/h2-8,10-11H,9H2,1H3. The van der Waals surface area contributed by atoms with Crippen LogP contribution in [0.4, 0.5) is 0 Å². The first-order valence-electron chi connectivity index (χ1n) is 7.04. The van der Waals surface area contributed by atoms with Crippen molar-refractivity contribution >= 4 is 11.0 Å². The third-order valence-electron chi connectivity index (χ3n) is 3.84. The predicted octanol–water partition coefficient (Wildman–Crippen LogP) is 3.78. The molecule has 1 aliphatic heterocycles. The van der Waals surface area contributed by atoms with E-state index in [1.165, 1.54) is 0 Å². The second-order valence-corrected chi connectivity index (χ2v) is 5.39. The molecule has 0 spiro atoms. The fourth-order valence-corrected chi connectivity index (χ4v) is 2.91. The normalized spacial score (nSPS) is 16.7. The lowest BCUT2D eigenvalue weighted by Crippen LogP contribution is -2.06. The number of benzene rings is 2. The van der Waals surface area contributed by atoms with Crippen LogP contribution in [0.25, 0.3) is 22.3 Å². The quantitative estimate of drug-likeness (QED) is 0.680. The minimum atomic E-state index is -0.00958. The van der Waals surface area contributed by atoms with Gasteiger partial charge >= 0.3 is 0 Å². The van der Waals surface area contributed by atoms with E-state index in [2.05, 4.69) is 0 Å². The van der Waals surface area contributed by atoms with Gasteiger partial charge in [-0.1, -0.05) is 30.3 Å². The lowest BCUT2D eigenvalue weighted by atomic mass is 10.0. The van der Waals surface area contributed by atoms with Crippen LogP contribution in [-0.4, -0.2) is 6.10 Å². The highest BCUT2D eigenvalue weighted by Crippen LogP contribution is 2.34. The summed E-state index contributed by atoms with van der Waals surface area (Å²) >= 11 is 0. The van der Waals surface area contributed by atoms with Crippen LogP contribution in [-0.2, 0) is 6.42 Å². The van der Waals surface area contributed by atoms with Gasteiger partial charge in [-0.05, 0) is 19.1 Å². The van der Waals surface area contributed by atoms with Crippen LogP contribution in [0.5, 0.6) is 5.75 Å². The molecule has 1 aromatic heterocycles. The molecule has 2 aromatic carbocycles. The first-order valence-corrected chi connectivity index (χ1v) is 7.04. The van der Waals surface area contributed by atoms with Crippen LogP contribution in [0.1, 0.15) is 12.5 Å². The first-order chi connectivity index (χ1) is 10.2. The average molecular weight is 278 g/mol. The Bertz CT molecular complexity index is 878. The highest BCUT2D eigenvalue weighted by molar-refractivity contribution is 5.85. The van der Waals surface area contributed by atoms with Gasteiger partial charge in [-0.2, -0.15) is 0 Å². The van der Waals surface area contributed by atoms with Gasteiger partial charge in [0.15, 0.2) is 5.43 Å². The largest absolute Gasteiger partial charge is 0.490 e. The minimum absolute atomic E-state index is 0.00958. The van der Waals surface area contributed by atoms with Crippen molar-refractivity contribution in [3.8, 4) is 17.1 Å². The predicted molar refractivity (Wildman–Crippen MR) is 81.7 cm³/mol. The van der Waals surface area contributed by atoms with E-state index in [1.54, 1.807) is 6.07 Å². The van der Waals surface area contributed by atoms with Gasteiger partial charge in [0.05, 0.1) is 5.39 Å². The molecule has 1 unspecified atom stereocenters. The zero-order valence-corrected chi connectivity index (χ0v) is 11.6. The number of rotatable bonds is 1. The van der Waals surface area contributed by atoms with Crippen molar-refractivity contribution in [1.29, 1.82) is 0 Å². The second-order valence-electron chi connectivity index (χ2n) is 5.39. The van der Waals surface area contributed by atoms with Crippen molar-refractivity contribution in [3.05, 3.63) is 64.3 Å². The van der Waals surface area contributed by atoms with Gasteiger partial charge in [0.1, 0.15) is 23.2 Å². The summed E-state index contributed by atoms with van der Waals surface area (Å²) in [4.78, 5) is 12.5. The summed E-state index contributed by atoms with van der Waals surface area (Å²) in [6.45, 7) is 2.01. The molecule has 0 bridgehead atoms. The lowest BCUT2D eigenvalue weighted by Gasteiger charge is -2.06. The van der Waals surface area contributed by atoms with Gasteiger partial charge in [-0.25, -0.2) is 0 Å². The summed E-state index contributed by atoms with van der Waals surface area (Å²) in [5.41, 5.74) is 2.48. The third-order valence-corrected chi connectivity index (χ3v) is 3.84. The van der Waals surface area contributed by atoms with Gasteiger partial charge in [-0.3, -0.25) is 4.79 Å². The number of hydrogen-bond acceptors (Lipinski definition) is 3. The van der Waals surface area contributed by atoms with E-state index >= 15 is 0 Å². The highest BCUT2D eigenvalue weighted by atomic mass is 16.5. The molecule has 21 heavy (non-hydrogen) atoms. The Balaban J connectivity index is 1.98. The Hall–Kier alpha value is -2.55. The van der Waals surface area contributed by atoms with Gasteiger partial charge in [0.25, 0.3) is 0 Å².